The highest BCUT2D eigenvalue weighted by Crippen LogP contribution is 2.29. The van der Waals surface area contributed by atoms with Crippen LogP contribution in [0.4, 0.5) is 13.2 Å². The van der Waals surface area contributed by atoms with Gasteiger partial charge in [-0.2, -0.15) is 13.2 Å². The largest absolute Gasteiger partial charge is 0.457 e. The minimum atomic E-state index is -4.41. The van der Waals surface area contributed by atoms with Crippen LogP contribution in [-0.2, 0) is 17.5 Å². The summed E-state index contributed by atoms with van der Waals surface area (Å²) in [6, 6.07) is 11.4. The summed E-state index contributed by atoms with van der Waals surface area (Å²) in [5, 5.41) is 0. The zero-order valence-corrected chi connectivity index (χ0v) is 12.8. The van der Waals surface area contributed by atoms with Gasteiger partial charge in [0.2, 0.25) is 0 Å². The topological polar surface area (TPSA) is 26.3 Å². The van der Waals surface area contributed by atoms with Gasteiger partial charge in [-0.05, 0) is 64.6 Å². The quantitative estimate of drug-likeness (QED) is 0.547. The zero-order valence-electron chi connectivity index (χ0n) is 10.7. The van der Waals surface area contributed by atoms with E-state index in [9.17, 15) is 18.0 Å². The molecule has 0 aliphatic heterocycles. The first kappa shape index (κ1) is 15.8. The summed E-state index contributed by atoms with van der Waals surface area (Å²) in [6.45, 7) is -0.200. The van der Waals surface area contributed by atoms with Crippen molar-refractivity contribution in [3.63, 3.8) is 0 Å². The van der Waals surface area contributed by atoms with Gasteiger partial charge in [0.25, 0.3) is 0 Å². The third kappa shape index (κ3) is 4.45. The van der Waals surface area contributed by atoms with E-state index >= 15 is 0 Å². The predicted molar refractivity (Wildman–Crippen MR) is 79.7 cm³/mol. The molecule has 0 aliphatic carbocycles. The smallest absolute Gasteiger partial charge is 0.416 e. The molecule has 0 aliphatic rings. The number of hydrogen-bond donors (Lipinski definition) is 0. The lowest BCUT2D eigenvalue weighted by Crippen LogP contribution is -2.08. The molecule has 0 saturated heterocycles. The number of esters is 1. The molecule has 0 saturated carbocycles. The molecule has 0 N–H and O–H groups in total. The summed E-state index contributed by atoms with van der Waals surface area (Å²) in [6.07, 6.45) is -4.41. The van der Waals surface area contributed by atoms with E-state index in [2.05, 4.69) is 22.6 Å². The standard InChI is InChI=1S/C15H10F3IO2/c16-15(17,18)12-3-1-2-10(8-12)9-21-14(20)11-4-6-13(19)7-5-11/h1-8H,9H2. The third-order valence-corrected chi connectivity index (χ3v) is 3.42. The van der Waals surface area contributed by atoms with Crippen molar-refractivity contribution >= 4 is 28.6 Å². The third-order valence-electron chi connectivity index (χ3n) is 2.70. The van der Waals surface area contributed by atoms with Gasteiger partial charge in [-0.1, -0.05) is 12.1 Å². The Morgan fingerprint density at radius 3 is 2.38 bits per heavy atom. The Balaban J connectivity index is 2.03. The van der Waals surface area contributed by atoms with Crippen LogP contribution in [0.15, 0.2) is 48.5 Å². The monoisotopic (exact) mass is 406 g/mol. The minimum absolute atomic E-state index is 0.200. The normalized spacial score (nSPS) is 11.2. The van der Waals surface area contributed by atoms with E-state index in [-0.39, 0.29) is 6.61 Å². The van der Waals surface area contributed by atoms with Crippen LogP contribution >= 0.6 is 22.6 Å². The van der Waals surface area contributed by atoms with E-state index in [0.717, 1.165) is 15.7 Å². The van der Waals surface area contributed by atoms with E-state index in [1.807, 2.05) is 0 Å². The van der Waals surface area contributed by atoms with Gasteiger partial charge in [-0.3, -0.25) is 0 Å². The van der Waals surface area contributed by atoms with Crippen LogP contribution < -0.4 is 0 Å². The summed E-state index contributed by atoms with van der Waals surface area (Å²) < 4.78 is 43.7. The maximum Gasteiger partial charge on any atom is 0.416 e. The Morgan fingerprint density at radius 2 is 1.76 bits per heavy atom. The number of alkyl halides is 3. The van der Waals surface area contributed by atoms with Gasteiger partial charge >= 0.3 is 12.1 Å². The first-order valence-electron chi connectivity index (χ1n) is 5.95. The molecule has 21 heavy (non-hydrogen) atoms. The highest BCUT2D eigenvalue weighted by molar-refractivity contribution is 14.1. The molecule has 2 nitrogen and oxygen atoms in total. The molecule has 110 valence electrons. The fourth-order valence-corrected chi connectivity index (χ4v) is 2.02. The molecular weight excluding hydrogens is 396 g/mol. The van der Waals surface area contributed by atoms with Crippen molar-refractivity contribution in [2.45, 2.75) is 12.8 Å². The predicted octanol–water partition coefficient (Wildman–Crippen LogP) is 4.67. The SMILES string of the molecule is O=C(OCc1cccc(C(F)(F)F)c1)c1ccc(I)cc1. The molecule has 0 heterocycles. The maximum atomic E-state index is 12.6. The molecule has 2 aromatic rings. The van der Waals surface area contributed by atoms with Gasteiger partial charge in [0.15, 0.2) is 0 Å². The average molecular weight is 406 g/mol. The van der Waals surface area contributed by atoms with Crippen LogP contribution in [0.3, 0.4) is 0 Å². The summed E-state index contributed by atoms with van der Waals surface area (Å²) in [5.74, 6) is -0.566. The van der Waals surface area contributed by atoms with Crippen molar-refractivity contribution in [1.82, 2.24) is 0 Å². The number of ether oxygens (including phenoxy) is 1. The zero-order chi connectivity index (χ0) is 15.5. The molecule has 0 fully saturated rings. The summed E-state index contributed by atoms with van der Waals surface area (Å²) in [7, 11) is 0. The molecule has 6 heteroatoms. The van der Waals surface area contributed by atoms with Crippen LogP contribution in [0.25, 0.3) is 0 Å². The molecular formula is C15H10F3IO2. The number of benzene rings is 2. The fraction of sp³-hybridized carbons (Fsp3) is 0.133. The molecule has 0 unspecified atom stereocenters. The highest BCUT2D eigenvalue weighted by atomic mass is 127. The first-order valence-corrected chi connectivity index (χ1v) is 7.03. The van der Waals surface area contributed by atoms with Crippen molar-refractivity contribution < 1.29 is 22.7 Å². The van der Waals surface area contributed by atoms with Gasteiger partial charge in [0.1, 0.15) is 6.61 Å². The van der Waals surface area contributed by atoms with Gasteiger partial charge < -0.3 is 4.74 Å². The van der Waals surface area contributed by atoms with E-state index in [4.69, 9.17) is 4.74 Å². The van der Waals surface area contributed by atoms with Gasteiger partial charge in [-0.25, -0.2) is 4.79 Å². The Morgan fingerprint density at radius 1 is 1.10 bits per heavy atom. The number of hydrogen-bond acceptors (Lipinski definition) is 2. The summed E-state index contributed by atoms with van der Waals surface area (Å²) in [5.41, 5.74) is -0.101. The second kappa shape index (κ2) is 6.46. The Bertz CT molecular complexity index is 636. The van der Waals surface area contributed by atoms with E-state index in [0.29, 0.717) is 11.1 Å². The van der Waals surface area contributed by atoms with E-state index < -0.39 is 17.7 Å². The molecule has 0 aromatic heterocycles. The molecule has 0 spiro atoms. The molecule has 0 radical (unpaired) electrons. The maximum absolute atomic E-state index is 12.6. The van der Waals surface area contributed by atoms with Crippen LogP contribution in [0.1, 0.15) is 21.5 Å². The van der Waals surface area contributed by atoms with Crippen molar-refractivity contribution in [2.75, 3.05) is 0 Å². The fourth-order valence-electron chi connectivity index (χ4n) is 1.66. The second-order valence-electron chi connectivity index (χ2n) is 4.28. The van der Waals surface area contributed by atoms with Crippen molar-refractivity contribution in [1.29, 1.82) is 0 Å². The van der Waals surface area contributed by atoms with Crippen LogP contribution in [0.5, 0.6) is 0 Å². The van der Waals surface area contributed by atoms with E-state index in [1.165, 1.54) is 12.1 Å². The number of carbonyl (C=O) groups excluding carboxylic acids is 1. The second-order valence-corrected chi connectivity index (χ2v) is 5.53. The van der Waals surface area contributed by atoms with Crippen LogP contribution in [0, 0.1) is 3.57 Å². The molecule has 0 atom stereocenters. The lowest BCUT2D eigenvalue weighted by Gasteiger charge is -2.09. The van der Waals surface area contributed by atoms with E-state index in [1.54, 1.807) is 24.3 Å². The number of carbonyl (C=O) groups is 1. The van der Waals surface area contributed by atoms with Gasteiger partial charge in [0.05, 0.1) is 11.1 Å². The number of rotatable bonds is 3. The minimum Gasteiger partial charge on any atom is -0.457 e. The summed E-state index contributed by atoms with van der Waals surface area (Å²) in [4.78, 5) is 11.8. The molecule has 2 rings (SSSR count). The van der Waals surface area contributed by atoms with Crippen molar-refractivity contribution in [3.05, 3.63) is 68.8 Å². The van der Waals surface area contributed by atoms with Gasteiger partial charge in [-0.15, -0.1) is 0 Å². The Hall–Kier alpha value is -1.57. The first-order chi connectivity index (χ1) is 9.86. The molecule has 0 bridgehead atoms. The van der Waals surface area contributed by atoms with Crippen molar-refractivity contribution in [2.24, 2.45) is 0 Å². The Kier molecular flexibility index (Phi) is 4.87. The highest BCUT2D eigenvalue weighted by Gasteiger charge is 2.30. The number of halogens is 4. The van der Waals surface area contributed by atoms with Crippen molar-refractivity contribution in [3.8, 4) is 0 Å². The summed E-state index contributed by atoms with van der Waals surface area (Å²) >= 11 is 2.10. The molecule has 0 amide bonds. The van der Waals surface area contributed by atoms with Crippen LogP contribution in [-0.4, -0.2) is 5.97 Å². The lowest BCUT2D eigenvalue weighted by molar-refractivity contribution is -0.137. The molecule has 2 aromatic carbocycles. The lowest BCUT2D eigenvalue weighted by atomic mass is 10.1. The average Bonchev–Trinajstić information content (AvgIpc) is 2.45. The van der Waals surface area contributed by atoms with Crippen LogP contribution in [0.2, 0.25) is 0 Å². The Labute approximate surface area is 133 Å². The van der Waals surface area contributed by atoms with Gasteiger partial charge in [0, 0.05) is 3.57 Å².